The minimum atomic E-state index is -0.386. The average molecular weight is 356 g/mol. The SMILES string of the molecule is CC(=O)N[C@H](CC(=O)N(C)[C@H](C)c1ccc(F)cc1)c1ccc(C)cc1. The summed E-state index contributed by atoms with van der Waals surface area (Å²) in [4.78, 5) is 25.9. The fourth-order valence-electron chi connectivity index (χ4n) is 2.80. The first-order valence-corrected chi connectivity index (χ1v) is 8.62. The van der Waals surface area contributed by atoms with Crippen molar-refractivity contribution >= 4 is 11.8 Å². The predicted octanol–water partition coefficient (Wildman–Crippen LogP) is 3.92. The summed E-state index contributed by atoms with van der Waals surface area (Å²) >= 11 is 0. The van der Waals surface area contributed by atoms with Gasteiger partial charge in [-0.2, -0.15) is 0 Å². The van der Waals surface area contributed by atoms with E-state index < -0.39 is 0 Å². The highest BCUT2D eigenvalue weighted by Crippen LogP contribution is 2.23. The zero-order valence-corrected chi connectivity index (χ0v) is 15.6. The van der Waals surface area contributed by atoms with Crippen molar-refractivity contribution in [1.82, 2.24) is 10.2 Å². The van der Waals surface area contributed by atoms with Gasteiger partial charge in [0.1, 0.15) is 5.82 Å². The third-order valence-electron chi connectivity index (χ3n) is 4.56. The van der Waals surface area contributed by atoms with E-state index >= 15 is 0 Å². The molecule has 4 nitrogen and oxygen atoms in total. The fourth-order valence-corrected chi connectivity index (χ4v) is 2.80. The van der Waals surface area contributed by atoms with E-state index in [1.54, 1.807) is 24.1 Å². The summed E-state index contributed by atoms with van der Waals surface area (Å²) in [5.74, 6) is -0.584. The second kappa shape index (κ2) is 8.61. The molecular weight excluding hydrogens is 331 g/mol. The highest BCUT2D eigenvalue weighted by molar-refractivity contribution is 5.79. The number of carbonyl (C=O) groups excluding carboxylic acids is 2. The Kier molecular flexibility index (Phi) is 6.50. The fraction of sp³-hybridized carbons (Fsp3) is 0.333. The smallest absolute Gasteiger partial charge is 0.225 e. The van der Waals surface area contributed by atoms with Crippen LogP contribution in [0.25, 0.3) is 0 Å². The molecule has 0 radical (unpaired) electrons. The first kappa shape index (κ1) is 19.6. The lowest BCUT2D eigenvalue weighted by Gasteiger charge is -2.28. The van der Waals surface area contributed by atoms with E-state index in [1.807, 2.05) is 38.1 Å². The Morgan fingerprint density at radius 1 is 1.04 bits per heavy atom. The van der Waals surface area contributed by atoms with Crippen LogP contribution in [-0.4, -0.2) is 23.8 Å². The number of nitrogens with zero attached hydrogens (tertiary/aromatic N) is 1. The lowest BCUT2D eigenvalue weighted by atomic mass is 10.0. The lowest BCUT2D eigenvalue weighted by Crippen LogP contribution is -2.35. The zero-order chi connectivity index (χ0) is 19.3. The molecule has 0 heterocycles. The molecule has 0 fully saturated rings. The molecule has 2 atom stereocenters. The Bertz CT molecular complexity index is 757. The highest BCUT2D eigenvalue weighted by atomic mass is 19.1. The van der Waals surface area contributed by atoms with E-state index in [2.05, 4.69) is 5.32 Å². The second-order valence-electron chi connectivity index (χ2n) is 6.60. The Labute approximate surface area is 154 Å². The van der Waals surface area contributed by atoms with Crippen molar-refractivity contribution in [2.75, 3.05) is 7.05 Å². The number of hydrogen-bond acceptors (Lipinski definition) is 2. The minimum absolute atomic E-state index is 0.0962. The Morgan fingerprint density at radius 2 is 1.58 bits per heavy atom. The molecule has 1 N–H and O–H groups in total. The van der Waals surface area contributed by atoms with Gasteiger partial charge in [0.25, 0.3) is 0 Å². The second-order valence-corrected chi connectivity index (χ2v) is 6.60. The van der Waals surface area contributed by atoms with Gasteiger partial charge in [-0.05, 0) is 37.1 Å². The number of amides is 2. The monoisotopic (exact) mass is 356 g/mol. The summed E-state index contributed by atoms with van der Waals surface area (Å²) in [6.07, 6.45) is 0.157. The normalized spacial score (nSPS) is 13.0. The van der Waals surface area contributed by atoms with Crippen molar-refractivity contribution < 1.29 is 14.0 Å². The van der Waals surface area contributed by atoms with Crippen LogP contribution in [0, 0.1) is 12.7 Å². The van der Waals surface area contributed by atoms with Crippen LogP contribution in [0.1, 0.15) is 49.0 Å². The van der Waals surface area contributed by atoms with Crippen molar-refractivity contribution in [3.63, 3.8) is 0 Å². The Hall–Kier alpha value is -2.69. The molecule has 0 saturated carbocycles. The van der Waals surface area contributed by atoms with Gasteiger partial charge in [0, 0.05) is 14.0 Å². The van der Waals surface area contributed by atoms with Crippen LogP contribution in [0.4, 0.5) is 4.39 Å². The maximum absolute atomic E-state index is 13.1. The standard InChI is InChI=1S/C21H25FN2O2/c1-14-5-7-18(8-6-14)20(23-16(3)25)13-21(26)24(4)15(2)17-9-11-19(22)12-10-17/h5-12,15,20H,13H2,1-4H3,(H,23,25)/t15-,20-/m1/s1. The minimum Gasteiger partial charge on any atom is -0.349 e. The molecule has 0 aliphatic heterocycles. The number of nitrogens with one attached hydrogen (secondary N) is 1. The number of hydrogen-bond donors (Lipinski definition) is 1. The lowest BCUT2D eigenvalue weighted by molar-refractivity contribution is -0.132. The number of aryl methyl sites for hydroxylation is 1. The Morgan fingerprint density at radius 3 is 2.12 bits per heavy atom. The van der Waals surface area contributed by atoms with E-state index in [4.69, 9.17) is 0 Å². The van der Waals surface area contributed by atoms with Gasteiger partial charge >= 0.3 is 0 Å². The summed E-state index contributed by atoms with van der Waals surface area (Å²) in [7, 11) is 1.72. The van der Waals surface area contributed by atoms with Crippen LogP contribution < -0.4 is 5.32 Å². The third kappa shape index (κ3) is 5.15. The topological polar surface area (TPSA) is 49.4 Å². The van der Waals surface area contributed by atoms with Gasteiger partial charge in [-0.1, -0.05) is 42.0 Å². The molecule has 2 aromatic rings. The predicted molar refractivity (Wildman–Crippen MR) is 99.9 cm³/mol. The van der Waals surface area contributed by atoms with Gasteiger partial charge in [0.2, 0.25) is 11.8 Å². The molecule has 0 unspecified atom stereocenters. The number of carbonyl (C=O) groups is 2. The van der Waals surface area contributed by atoms with E-state index in [0.717, 1.165) is 16.7 Å². The molecule has 2 aromatic carbocycles. The van der Waals surface area contributed by atoms with Crippen LogP contribution >= 0.6 is 0 Å². The molecule has 0 bridgehead atoms. The maximum atomic E-state index is 13.1. The van der Waals surface area contributed by atoms with Gasteiger partial charge in [0.05, 0.1) is 18.5 Å². The van der Waals surface area contributed by atoms with Crippen LogP contribution in [0.5, 0.6) is 0 Å². The molecule has 138 valence electrons. The van der Waals surface area contributed by atoms with Crippen molar-refractivity contribution in [1.29, 1.82) is 0 Å². The summed E-state index contributed by atoms with van der Waals surface area (Å²) in [6, 6.07) is 13.3. The van der Waals surface area contributed by atoms with E-state index in [0.29, 0.717) is 0 Å². The summed E-state index contributed by atoms with van der Waals surface area (Å²) < 4.78 is 13.1. The largest absolute Gasteiger partial charge is 0.349 e. The molecule has 0 saturated heterocycles. The molecule has 2 amide bonds. The summed E-state index contributed by atoms with van der Waals surface area (Å²) in [5, 5.41) is 2.85. The van der Waals surface area contributed by atoms with Gasteiger partial charge in [-0.3, -0.25) is 9.59 Å². The van der Waals surface area contributed by atoms with E-state index in [-0.39, 0.29) is 36.1 Å². The highest BCUT2D eigenvalue weighted by Gasteiger charge is 2.23. The summed E-state index contributed by atoms with van der Waals surface area (Å²) in [5.41, 5.74) is 2.86. The quantitative estimate of drug-likeness (QED) is 0.853. The third-order valence-corrected chi connectivity index (χ3v) is 4.56. The molecule has 2 rings (SSSR count). The van der Waals surface area contributed by atoms with Gasteiger partial charge < -0.3 is 10.2 Å². The van der Waals surface area contributed by atoms with Crippen LogP contribution in [0.2, 0.25) is 0 Å². The number of rotatable bonds is 6. The van der Waals surface area contributed by atoms with E-state index in [1.165, 1.54) is 19.1 Å². The first-order valence-electron chi connectivity index (χ1n) is 8.62. The van der Waals surface area contributed by atoms with Gasteiger partial charge in [-0.15, -0.1) is 0 Å². The van der Waals surface area contributed by atoms with Crippen LogP contribution in [0.3, 0.4) is 0 Å². The van der Waals surface area contributed by atoms with Crippen molar-refractivity contribution in [2.24, 2.45) is 0 Å². The zero-order valence-electron chi connectivity index (χ0n) is 15.6. The van der Waals surface area contributed by atoms with Crippen LogP contribution in [-0.2, 0) is 9.59 Å². The molecule has 0 spiro atoms. The first-order chi connectivity index (χ1) is 12.3. The number of halogens is 1. The molecule has 5 heteroatoms. The van der Waals surface area contributed by atoms with Crippen molar-refractivity contribution in [2.45, 2.75) is 39.3 Å². The van der Waals surface area contributed by atoms with Gasteiger partial charge in [-0.25, -0.2) is 4.39 Å². The molecular formula is C21H25FN2O2. The molecule has 0 aromatic heterocycles. The van der Waals surface area contributed by atoms with Crippen LogP contribution in [0.15, 0.2) is 48.5 Å². The Balaban J connectivity index is 2.13. The summed E-state index contributed by atoms with van der Waals surface area (Å²) in [6.45, 7) is 5.32. The molecule has 0 aliphatic carbocycles. The number of benzene rings is 2. The average Bonchev–Trinajstić information content (AvgIpc) is 2.60. The molecule has 0 aliphatic rings. The molecule has 26 heavy (non-hydrogen) atoms. The van der Waals surface area contributed by atoms with Crippen molar-refractivity contribution in [3.8, 4) is 0 Å². The maximum Gasteiger partial charge on any atom is 0.225 e. The van der Waals surface area contributed by atoms with Crippen molar-refractivity contribution in [3.05, 3.63) is 71.0 Å². The van der Waals surface area contributed by atoms with E-state index in [9.17, 15) is 14.0 Å². The van der Waals surface area contributed by atoms with Gasteiger partial charge in [0.15, 0.2) is 0 Å².